The number of carbonyl (C=O) groups is 1. The summed E-state index contributed by atoms with van der Waals surface area (Å²) >= 11 is 0. The lowest BCUT2D eigenvalue weighted by Gasteiger charge is -2.34. The van der Waals surface area contributed by atoms with Crippen molar-refractivity contribution in [2.75, 3.05) is 26.3 Å². The van der Waals surface area contributed by atoms with E-state index in [9.17, 15) is 4.79 Å². The van der Waals surface area contributed by atoms with Crippen LogP contribution in [0.4, 0.5) is 4.79 Å². The summed E-state index contributed by atoms with van der Waals surface area (Å²) in [5.74, 6) is 0.449. The highest BCUT2D eigenvalue weighted by atomic mass is 16.5. The first kappa shape index (κ1) is 16.9. The Bertz CT molecular complexity index is 607. The van der Waals surface area contributed by atoms with Crippen LogP contribution < -0.4 is 5.32 Å². The SMILES string of the molecule is C[C@@H]1Cc2ccccc2[C@H]1NC(=O)N1CCC(O[C@@H]2CCOC2)CC1. The summed E-state index contributed by atoms with van der Waals surface area (Å²) in [6, 6.07) is 8.66. The van der Waals surface area contributed by atoms with Crippen LogP contribution in [0.25, 0.3) is 0 Å². The molecule has 3 aliphatic rings. The second kappa shape index (κ2) is 7.34. The summed E-state index contributed by atoms with van der Waals surface area (Å²) in [7, 11) is 0. The molecule has 1 aromatic carbocycles. The molecular weight excluding hydrogens is 316 g/mol. The number of ether oxygens (including phenoxy) is 2. The fourth-order valence-corrected chi connectivity index (χ4v) is 4.33. The van der Waals surface area contributed by atoms with Gasteiger partial charge in [0.1, 0.15) is 0 Å². The maximum atomic E-state index is 12.7. The lowest BCUT2D eigenvalue weighted by atomic mass is 10.0. The van der Waals surface area contributed by atoms with Gasteiger partial charge in [0.25, 0.3) is 0 Å². The van der Waals surface area contributed by atoms with Crippen LogP contribution >= 0.6 is 0 Å². The fraction of sp³-hybridized carbons (Fsp3) is 0.650. The van der Waals surface area contributed by atoms with E-state index in [0.29, 0.717) is 5.92 Å². The maximum absolute atomic E-state index is 12.7. The molecule has 0 bridgehead atoms. The maximum Gasteiger partial charge on any atom is 0.317 e. The molecule has 3 atom stereocenters. The van der Waals surface area contributed by atoms with E-state index in [1.807, 2.05) is 4.90 Å². The van der Waals surface area contributed by atoms with Gasteiger partial charge in [-0.2, -0.15) is 0 Å². The average molecular weight is 344 g/mol. The van der Waals surface area contributed by atoms with Gasteiger partial charge in [-0.05, 0) is 42.7 Å². The Hall–Kier alpha value is -1.59. The van der Waals surface area contributed by atoms with Crippen LogP contribution in [0.15, 0.2) is 24.3 Å². The summed E-state index contributed by atoms with van der Waals surface area (Å²) < 4.78 is 11.5. The third kappa shape index (κ3) is 3.67. The van der Waals surface area contributed by atoms with E-state index in [1.54, 1.807) is 0 Å². The highest BCUT2D eigenvalue weighted by molar-refractivity contribution is 5.75. The largest absolute Gasteiger partial charge is 0.379 e. The molecule has 0 unspecified atom stereocenters. The number of rotatable bonds is 3. The van der Waals surface area contributed by atoms with Crippen molar-refractivity contribution in [3.05, 3.63) is 35.4 Å². The Labute approximate surface area is 149 Å². The van der Waals surface area contributed by atoms with Crippen LogP contribution in [0, 0.1) is 5.92 Å². The highest BCUT2D eigenvalue weighted by Gasteiger charge is 2.33. The number of urea groups is 1. The number of nitrogens with one attached hydrogen (secondary N) is 1. The molecule has 2 aliphatic heterocycles. The molecule has 2 saturated heterocycles. The molecule has 5 heteroatoms. The van der Waals surface area contributed by atoms with Crippen molar-refractivity contribution in [2.45, 2.75) is 50.9 Å². The van der Waals surface area contributed by atoms with Gasteiger partial charge in [-0.25, -0.2) is 4.79 Å². The number of fused-ring (bicyclic) bond motifs is 1. The van der Waals surface area contributed by atoms with Crippen molar-refractivity contribution >= 4 is 6.03 Å². The molecule has 2 amide bonds. The molecule has 136 valence electrons. The van der Waals surface area contributed by atoms with E-state index >= 15 is 0 Å². The van der Waals surface area contributed by atoms with Crippen molar-refractivity contribution in [2.24, 2.45) is 5.92 Å². The zero-order valence-electron chi connectivity index (χ0n) is 14.9. The Morgan fingerprint density at radius 1 is 1.20 bits per heavy atom. The monoisotopic (exact) mass is 344 g/mol. The minimum absolute atomic E-state index is 0.0659. The van der Waals surface area contributed by atoms with E-state index in [0.717, 1.165) is 52.0 Å². The lowest BCUT2D eigenvalue weighted by molar-refractivity contribution is -0.0393. The van der Waals surface area contributed by atoms with Gasteiger partial charge in [-0.3, -0.25) is 0 Å². The van der Waals surface area contributed by atoms with Crippen molar-refractivity contribution in [3.8, 4) is 0 Å². The normalized spacial score (nSPS) is 29.6. The molecule has 2 heterocycles. The van der Waals surface area contributed by atoms with E-state index in [1.165, 1.54) is 11.1 Å². The predicted octanol–water partition coefficient (Wildman–Crippen LogP) is 2.90. The second-order valence-electron chi connectivity index (χ2n) is 7.62. The summed E-state index contributed by atoms with van der Waals surface area (Å²) in [4.78, 5) is 14.7. The molecule has 1 N–H and O–H groups in total. The number of carbonyl (C=O) groups excluding carboxylic acids is 1. The molecular formula is C20H28N2O3. The summed E-state index contributed by atoms with van der Waals surface area (Å²) in [6.07, 6.45) is 4.39. The van der Waals surface area contributed by atoms with Gasteiger partial charge in [-0.1, -0.05) is 31.2 Å². The van der Waals surface area contributed by atoms with Gasteiger partial charge >= 0.3 is 6.03 Å². The van der Waals surface area contributed by atoms with E-state index in [2.05, 4.69) is 36.5 Å². The first-order chi connectivity index (χ1) is 12.2. The molecule has 0 saturated carbocycles. The molecule has 2 fully saturated rings. The van der Waals surface area contributed by atoms with Crippen molar-refractivity contribution < 1.29 is 14.3 Å². The Balaban J connectivity index is 1.29. The van der Waals surface area contributed by atoms with Gasteiger partial charge in [0.15, 0.2) is 0 Å². The smallest absolute Gasteiger partial charge is 0.317 e. The van der Waals surface area contributed by atoms with Crippen LogP contribution in [-0.4, -0.2) is 49.4 Å². The molecule has 0 spiro atoms. The van der Waals surface area contributed by atoms with E-state index < -0.39 is 0 Å². The zero-order valence-corrected chi connectivity index (χ0v) is 14.9. The number of piperidine rings is 1. The number of benzene rings is 1. The molecule has 0 radical (unpaired) electrons. The van der Waals surface area contributed by atoms with Crippen LogP contribution in [0.1, 0.15) is 43.4 Å². The first-order valence-corrected chi connectivity index (χ1v) is 9.57. The Morgan fingerprint density at radius 2 is 2.00 bits per heavy atom. The third-order valence-electron chi connectivity index (χ3n) is 5.78. The van der Waals surface area contributed by atoms with Crippen LogP contribution in [0.5, 0.6) is 0 Å². The fourth-order valence-electron chi connectivity index (χ4n) is 4.33. The number of hydrogen-bond acceptors (Lipinski definition) is 3. The van der Waals surface area contributed by atoms with Gasteiger partial charge in [0.2, 0.25) is 0 Å². The highest BCUT2D eigenvalue weighted by Crippen LogP contribution is 2.35. The topological polar surface area (TPSA) is 50.8 Å². The number of likely N-dealkylation sites (tertiary alicyclic amines) is 1. The van der Waals surface area contributed by atoms with Crippen LogP contribution in [-0.2, 0) is 15.9 Å². The van der Waals surface area contributed by atoms with Crippen molar-refractivity contribution in [1.29, 1.82) is 0 Å². The molecule has 25 heavy (non-hydrogen) atoms. The first-order valence-electron chi connectivity index (χ1n) is 9.57. The Morgan fingerprint density at radius 3 is 2.76 bits per heavy atom. The molecule has 1 aliphatic carbocycles. The summed E-state index contributed by atoms with van der Waals surface area (Å²) in [5.41, 5.74) is 2.65. The summed E-state index contributed by atoms with van der Waals surface area (Å²) in [6.45, 7) is 5.29. The standard InChI is InChI=1S/C20H28N2O3/c1-14-12-15-4-2-3-5-18(15)19(14)21-20(23)22-9-6-16(7-10-22)25-17-8-11-24-13-17/h2-5,14,16-17,19H,6-13H2,1H3,(H,21,23)/t14-,17-,19+/m1/s1. The zero-order chi connectivity index (χ0) is 17.2. The van der Waals surface area contributed by atoms with Gasteiger partial charge in [0, 0.05) is 19.7 Å². The van der Waals surface area contributed by atoms with Crippen molar-refractivity contribution in [1.82, 2.24) is 10.2 Å². The number of amides is 2. The second-order valence-corrected chi connectivity index (χ2v) is 7.62. The van der Waals surface area contributed by atoms with Crippen LogP contribution in [0.2, 0.25) is 0 Å². The van der Waals surface area contributed by atoms with Gasteiger partial charge < -0.3 is 19.7 Å². The lowest BCUT2D eigenvalue weighted by Crippen LogP contribution is -2.47. The van der Waals surface area contributed by atoms with Gasteiger partial charge in [-0.15, -0.1) is 0 Å². The number of hydrogen-bond donors (Lipinski definition) is 1. The van der Waals surface area contributed by atoms with E-state index in [-0.39, 0.29) is 24.3 Å². The summed E-state index contributed by atoms with van der Waals surface area (Å²) in [5, 5.41) is 3.27. The quantitative estimate of drug-likeness (QED) is 0.917. The molecule has 4 rings (SSSR count). The third-order valence-corrected chi connectivity index (χ3v) is 5.78. The number of nitrogens with zero attached hydrogens (tertiary/aromatic N) is 1. The van der Waals surface area contributed by atoms with Crippen molar-refractivity contribution in [3.63, 3.8) is 0 Å². The van der Waals surface area contributed by atoms with Gasteiger partial charge in [0.05, 0.1) is 24.9 Å². The molecule has 5 nitrogen and oxygen atoms in total. The Kier molecular flexibility index (Phi) is 4.95. The minimum Gasteiger partial charge on any atom is -0.379 e. The van der Waals surface area contributed by atoms with E-state index in [4.69, 9.17) is 9.47 Å². The molecule has 1 aromatic rings. The predicted molar refractivity (Wildman–Crippen MR) is 95.5 cm³/mol. The van der Waals surface area contributed by atoms with Crippen LogP contribution in [0.3, 0.4) is 0 Å². The molecule has 0 aromatic heterocycles. The minimum atomic E-state index is 0.0659. The average Bonchev–Trinajstić information content (AvgIpc) is 3.24.